The lowest BCUT2D eigenvalue weighted by Crippen LogP contribution is -2.27. The lowest BCUT2D eigenvalue weighted by Gasteiger charge is -2.22. The molecule has 0 aliphatic rings. The third-order valence-corrected chi connectivity index (χ3v) is 6.94. The Labute approximate surface area is 199 Å². The number of hydrogen-bond acceptors (Lipinski definition) is 10. The summed E-state index contributed by atoms with van der Waals surface area (Å²) in [5, 5.41) is 13.2. The Morgan fingerprint density at radius 1 is 1.30 bits per heavy atom. The highest BCUT2D eigenvalue weighted by molar-refractivity contribution is 7.99. The average molecular weight is 509 g/mol. The van der Waals surface area contributed by atoms with Gasteiger partial charge in [-0.15, -0.1) is 0 Å². The fourth-order valence-electron chi connectivity index (χ4n) is 3.18. The lowest BCUT2D eigenvalue weighted by molar-refractivity contribution is 0.184. The summed E-state index contributed by atoms with van der Waals surface area (Å²) in [6, 6.07) is 9.09. The number of thioether (sulfide) groups is 1. The van der Waals surface area contributed by atoms with Crippen molar-refractivity contribution >= 4 is 52.2 Å². The minimum absolute atomic E-state index is 0.0379. The van der Waals surface area contributed by atoms with Gasteiger partial charge in [0.25, 0.3) is 0 Å². The molecular formula is C20H25N6O4PS2. The Morgan fingerprint density at radius 2 is 2.06 bits per heavy atom. The van der Waals surface area contributed by atoms with Crippen LogP contribution in [0.2, 0.25) is 0 Å². The molecule has 2 aromatic heterocycles. The standard InChI is InChI=1S/C20H25N6O4PS2/c1-11(2)7-15(10-30-31(27,28)29)23-17-16-18(24-19(22)33-16)26-20(25-17)32-12(3)14-6-4-5-13(8-14)9-21/h4-6,8,11-12,15H,7,10H2,1-3H3,(H2,27,28,29)(H3,22,23,24,25,26)/t12?,15-/m1/s1. The largest absolute Gasteiger partial charge is 0.469 e. The highest BCUT2D eigenvalue weighted by Crippen LogP contribution is 2.38. The molecule has 5 N–H and O–H groups in total. The van der Waals surface area contributed by atoms with E-state index in [2.05, 4.69) is 26.3 Å². The van der Waals surface area contributed by atoms with Crippen LogP contribution >= 0.6 is 30.9 Å². The van der Waals surface area contributed by atoms with Gasteiger partial charge in [-0.1, -0.05) is 49.1 Å². The predicted molar refractivity (Wildman–Crippen MR) is 130 cm³/mol. The van der Waals surface area contributed by atoms with E-state index < -0.39 is 13.9 Å². The zero-order valence-corrected chi connectivity index (χ0v) is 20.8. The van der Waals surface area contributed by atoms with Crippen molar-refractivity contribution < 1.29 is 18.9 Å². The number of nitrogens with one attached hydrogen (secondary N) is 1. The maximum Gasteiger partial charge on any atom is 0.469 e. The first-order valence-corrected chi connectivity index (χ1v) is 13.3. The number of phosphoric acid groups is 1. The number of aromatic nitrogens is 3. The van der Waals surface area contributed by atoms with E-state index in [1.807, 2.05) is 39.0 Å². The monoisotopic (exact) mass is 508 g/mol. The topological polar surface area (TPSA) is 167 Å². The molecule has 3 rings (SSSR count). The first-order valence-electron chi connectivity index (χ1n) is 10.1. The Kier molecular flexibility index (Phi) is 8.28. The van der Waals surface area contributed by atoms with Gasteiger partial charge < -0.3 is 20.8 Å². The van der Waals surface area contributed by atoms with Gasteiger partial charge in [0.1, 0.15) is 4.70 Å². The fraction of sp³-hybridized carbons (Fsp3) is 0.400. The average Bonchev–Trinajstić information content (AvgIpc) is 3.11. The number of thiazole rings is 1. The van der Waals surface area contributed by atoms with Crippen molar-refractivity contribution in [2.75, 3.05) is 17.7 Å². The van der Waals surface area contributed by atoms with Gasteiger partial charge in [0.15, 0.2) is 21.8 Å². The lowest BCUT2D eigenvalue weighted by atomic mass is 10.0. The van der Waals surface area contributed by atoms with Gasteiger partial charge in [0, 0.05) is 5.25 Å². The Bertz CT molecular complexity index is 1210. The fourth-order valence-corrected chi connectivity index (χ4v) is 5.16. The molecule has 1 aromatic carbocycles. The Balaban J connectivity index is 1.90. The minimum Gasteiger partial charge on any atom is -0.375 e. The molecule has 2 atom stereocenters. The van der Waals surface area contributed by atoms with E-state index in [1.54, 1.807) is 6.07 Å². The van der Waals surface area contributed by atoms with E-state index in [4.69, 9.17) is 25.3 Å². The van der Waals surface area contributed by atoms with Gasteiger partial charge in [-0.3, -0.25) is 4.52 Å². The van der Waals surface area contributed by atoms with E-state index in [1.165, 1.54) is 23.1 Å². The number of nitrogens with zero attached hydrogens (tertiary/aromatic N) is 4. The molecule has 13 heteroatoms. The predicted octanol–water partition coefficient (Wildman–Crippen LogP) is 4.33. The van der Waals surface area contributed by atoms with Gasteiger partial charge >= 0.3 is 7.82 Å². The van der Waals surface area contributed by atoms with E-state index in [0.717, 1.165) is 5.56 Å². The number of anilines is 2. The van der Waals surface area contributed by atoms with Crippen LogP contribution in [0.15, 0.2) is 29.4 Å². The molecule has 0 radical (unpaired) electrons. The molecule has 0 saturated heterocycles. The number of hydrogen-bond donors (Lipinski definition) is 4. The molecule has 0 fully saturated rings. The van der Waals surface area contributed by atoms with Crippen molar-refractivity contribution in [3.63, 3.8) is 0 Å². The first-order chi connectivity index (χ1) is 15.5. The molecule has 0 amide bonds. The van der Waals surface area contributed by atoms with Crippen molar-refractivity contribution in [2.45, 2.75) is 43.6 Å². The molecule has 0 aliphatic heterocycles. The summed E-state index contributed by atoms with van der Waals surface area (Å²) >= 11 is 2.64. The molecule has 2 heterocycles. The van der Waals surface area contributed by atoms with Crippen molar-refractivity contribution in [1.82, 2.24) is 15.0 Å². The van der Waals surface area contributed by atoms with Crippen molar-refractivity contribution in [1.29, 1.82) is 5.26 Å². The highest BCUT2D eigenvalue weighted by Gasteiger charge is 2.22. The maximum absolute atomic E-state index is 11.2. The van der Waals surface area contributed by atoms with Gasteiger partial charge in [-0.05, 0) is 37.0 Å². The zero-order chi connectivity index (χ0) is 24.2. The van der Waals surface area contributed by atoms with Crippen LogP contribution in [0.1, 0.15) is 43.6 Å². The van der Waals surface area contributed by atoms with Crippen LogP contribution < -0.4 is 11.1 Å². The molecule has 3 aromatic rings. The van der Waals surface area contributed by atoms with Gasteiger partial charge in [-0.25, -0.2) is 19.5 Å². The molecular weight excluding hydrogens is 483 g/mol. The van der Waals surface area contributed by atoms with Crippen molar-refractivity contribution in [2.24, 2.45) is 5.92 Å². The van der Waals surface area contributed by atoms with Crippen LogP contribution in [-0.2, 0) is 9.09 Å². The third-order valence-electron chi connectivity index (χ3n) is 4.56. The molecule has 0 aliphatic carbocycles. The second-order valence-corrected chi connectivity index (χ2v) is 11.4. The van der Waals surface area contributed by atoms with Crippen LogP contribution in [0, 0.1) is 17.2 Å². The molecule has 0 bridgehead atoms. The summed E-state index contributed by atoms with van der Waals surface area (Å²) in [4.78, 5) is 31.7. The second kappa shape index (κ2) is 10.8. The zero-order valence-electron chi connectivity index (χ0n) is 18.3. The quantitative estimate of drug-likeness (QED) is 0.175. The van der Waals surface area contributed by atoms with Gasteiger partial charge in [0.2, 0.25) is 0 Å². The van der Waals surface area contributed by atoms with E-state index >= 15 is 0 Å². The number of fused-ring (bicyclic) bond motifs is 1. The van der Waals surface area contributed by atoms with E-state index in [-0.39, 0.29) is 17.8 Å². The second-order valence-electron chi connectivity index (χ2n) is 7.81. The van der Waals surface area contributed by atoms with Crippen LogP contribution in [0.4, 0.5) is 10.9 Å². The highest BCUT2D eigenvalue weighted by atomic mass is 32.2. The van der Waals surface area contributed by atoms with Crippen LogP contribution in [0.25, 0.3) is 10.3 Å². The minimum atomic E-state index is -4.61. The summed E-state index contributed by atoms with van der Waals surface area (Å²) < 4.78 is 16.6. The van der Waals surface area contributed by atoms with Crippen molar-refractivity contribution in [3.8, 4) is 6.07 Å². The van der Waals surface area contributed by atoms with E-state index in [9.17, 15) is 4.57 Å². The number of rotatable bonds is 10. The summed E-state index contributed by atoms with van der Waals surface area (Å²) in [5.41, 5.74) is 7.88. The number of nitrogen functional groups attached to an aromatic ring is 1. The van der Waals surface area contributed by atoms with Gasteiger partial charge in [0.05, 0.1) is 24.3 Å². The first kappa shape index (κ1) is 25.4. The third kappa shape index (κ3) is 7.37. The molecule has 10 nitrogen and oxygen atoms in total. The van der Waals surface area contributed by atoms with Crippen LogP contribution in [0.5, 0.6) is 0 Å². The normalized spacial score (nSPS) is 13.7. The number of benzene rings is 1. The Morgan fingerprint density at radius 3 is 2.73 bits per heavy atom. The number of nitriles is 1. The summed E-state index contributed by atoms with van der Waals surface area (Å²) in [6.07, 6.45) is 0.597. The Hall–Kier alpha value is -2.26. The van der Waals surface area contributed by atoms with Crippen LogP contribution in [-0.4, -0.2) is 37.4 Å². The van der Waals surface area contributed by atoms with E-state index in [0.29, 0.717) is 38.4 Å². The maximum atomic E-state index is 11.2. The molecule has 0 saturated carbocycles. The smallest absolute Gasteiger partial charge is 0.375 e. The van der Waals surface area contributed by atoms with Gasteiger partial charge in [-0.2, -0.15) is 5.26 Å². The van der Waals surface area contributed by atoms with Crippen LogP contribution in [0.3, 0.4) is 0 Å². The summed E-state index contributed by atoms with van der Waals surface area (Å²) in [7, 11) is -4.61. The molecule has 1 unspecified atom stereocenters. The number of nitrogens with two attached hydrogens (primary N) is 1. The van der Waals surface area contributed by atoms with Crippen molar-refractivity contribution in [3.05, 3.63) is 35.4 Å². The SMILES string of the molecule is CC(C)C[C@H](COP(=O)(O)O)Nc1nc(SC(C)c2cccc(C#N)c2)nc2nc(N)sc12. The molecule has 0 spiro atoms. The number of phosphoric ester groups is 1. The summed E-state index contributed by atoms with van der Waals surface area (Å²) in [5.74, 6) is 0.725. The molecule has 176 valence electrons. The summed E-state index contributed by atoms with van der Waals surface area (Å²) in [6.45, 7) is 5.81. The molecule has 33 heavy (non-hydrogen) atoms.